The third-order valence-electron chi connectivity index (χ3n) is 25.7. The molecule has 2 fully saturated rings. The number of hydrogen-bond acceptors (Lipinski definition) is 31. The molecular weight excluding hydrogens is 1930 g/mol. The van der Waals surface area contributed by atoms with Gasteiger partial charge in [-0.15, -0.1) is 0 Å². The summed E-state index contributed by atoms with van der Waals surface area (Å²) in [6, 6.07) is 12.8. The Hall–Kier alpha value is -12.0. The summed E-state index contributed by atoms with van der Waals surface area (Å²) in [5.74, 6) is -4.60. The van der Waals surface area contributed by atoms with Crippen LogP contribution in [0, 0.1) is 23.7 Å². The molecule has 4 aromatic carbocycles. The zero-order valence-corrected chi connectivity index (χ0v) is 87.0. The highest BCUT2D eigenvalue weighted by molar-refractivity contribution is 6.09. The summed E-state index contributed by atoms with van der Waals surface area (Å²) in [4.78, 5) is 181. The molecule has 1 saturated carbocycles. The number of hydrogen-bond donors (Lipinski definition) is 9. The van der Waals surface area contributed by atoms with Crippen molar-refractivity contribution in [2.45, 2.75) is 220 Å². The maximum Gasteiger partial charge on any atom is 0.416 e. The van der Waals surface area contributed by atoms with Gasteiger partial charge in [0.25, 0.3) is 11.8 Å². The Morgan fingerprint density at radius 3 is 1.18 bits per heavy atom. The second kappa shape index (κ2) is 61.8. The van der Waals surface area contributed by atoms with Crippen molar-refractivity contribution in [1.29, 1.82) is 0 Å². The summed E-state index contributed by atoms with van der Waals surface area (Å²) >= 11 is 0. The molecule has 13 amide bonds. The number of benzene rings is 4. The van der Waals surface area contributed by atoms with Gasteiger partial charge in [-0.25, -0.2) is 19.4 Å². The van der Waals surface area contributed by atoms with E-state index in [0.29, 0.717) is 147 Å². The molecule has 9 atom stereocenters. The molecule has 1 aliphatic carbocycles. The predicted octanol–water partition coefficient (Wildman–Crippen LogP) is 8.50. The molecule has 0 aromatic heterocycles. The van der Waals surface area contributed by atoms with Crippen LogP contribution in [0.15, 0.2) is 96.3 Å². The van der Waals surface area contributed by atoms with E-state index < -0.39 is 102 Å². The molecule has 5 heterocycles. The van der Waals surface area contributed by atoms with Crippen LogP contribution in [0.1, 0.15) is 190 Å². The Labute approximate surface area is 864 Å². The highest BCUT2D eigenvalue weighted by Crippen LogP contribution is 2.45. The third kappa shape index (κ3) is 36.2. The molecule has 43 heteroatoms. The summed E-state index contributed by atoms with van der Waals surface area (Å²) in [5.41, 5.74) is 3.29. The summed E-state index contributed by atoms with van der Waals surface area (Å²) in [6.07, 6.45) is 8.07. The number of likely N-dealkylation sites (tertiary alicyclic amines) is 1. The van der Waals surface area contributed by atoms with Crippen LogP contribution in [0.3, 0.4) is 0 Å². The van der Waals surface area contributed by atoms with Gasteiger partial charge in [0.15, 0.2) is 35.5 Å². The monoisotopic (exact) mass is 2080 g/mol. The minimum absolute atomic E-state index is 0.00372. The van der Waals surface area contributed by atoms with Crippen molar-refractivity contribution in [3.05, 3.63) is 119 Å². The fraction of sp³-hybridized carbons (Fsp3) is 0.610. The first kappa shape index (κ1) is 118. The van der Waals surface area contributed by atoms with Crippen LogP contribution in [0.2, 0.25) is 0 Å². The lowest BCUT2D eigenvalue weighted by atomic mass is 9.81. The largest absolute Gasteiger partial charge is 0.493 e. The van der Waals surface area contributed by atoms with E-state index in [-0.39, 0.29) is 191 Å². The molecule has 43 nitrogen and oxygen atoms in total. The summed E-state index contributed by atoms with van der Waals surface area (Å²) < 4.78 is 90.6. The number of nitrogens with zero attached hydrogens (tertiary/aromatic N) is 5. The summed E-state index contributed by atoms with van der Waals surface area (Å²) in [5, 5.41) is 43.4. The smallest absolute Gasteiger partial charge is 0.416 e. The molecule has 10 rings (SSSR count). The van der Waals surface area contributed by atoms with E-state index in [9.17, 15) is 72.5 Å². The molecule has 1 unspecified atom stereocenters. The third-order valence-corrected chi connectivity index (χ3v) is 25.7. The van der Waals surface area contributed by atoms with Crippen LogP contribution in [0.4, 0.5) is 32.3 Å². The minimum atomic E-state index is -1.60. The Morgan fingerprint density at radius 2 is 0.791 bits per heavy atom. The number of aliphatic hydroxyl groups excluding tert-OH is 2. The van der Waals surface area contributed by atoms with Crippen molar-refractivity contribution in [3.8, 4) is 23.0 Å². The quantitative estimate of drug-likeness (QED) is 0.0148. The van der Waals surface area contributed by atoms with Gasteiger partial charge in [-0.05, 0) is 138 Å². The first-order chi connectivity index (χ1) is 71.4. The van der Waals surface area contributed by atoms with Crippen molar-refractivity contribution in [3.63, 3.8) is 0 Å². The number of nitrogens with one attached hydrogen (secondary N) is 7. The van der Waals surface area contributed by atoms with Gasteiger partial charge in [0, 0.05) is 81.8 Å². The highest BCUT2D eigenvalue weighted by Gasteiger charge is 2.49. The maximum absolute atomic E-state index is 14.5. The van der Waals surface area contributed by atoms with Crippen LogP contribution in [0.5, 0.6) is 23.0 Å². The average Bonchev–Trinajstić information content (AvgIpc) is 1.64. The molecule has 6 aliphatic rings. The van der Waals surface area contributed by atoms with Gasteiger partial charge in [-0.2, -0.15) is 0 Å². The second-order valence-electron chi connectivity index (χ2n) is 37.7. The van der Waals surface area contributed by atoms with Crippen molar-refractivity contribution in [2.24, 2.45) is 23.7 Å². The van der Waals surface area contributed by atoms with E-state index in [2.05, 4.69) is 37.2 Å². The van der Waals surface area contributed by atoms with E-state index in [0.717, 1.165) is 46.6 Å². The van der Waals surface area contributed by atoms with Crippen molar-refractivity contribution < 1.29 is 148 Å². The molecular formula is C105H150N12O31. The van der Waals surface area contributed by atoms with Gasteiger partial charge in [0.2, 0.25) is 53.2 Å². The lowest BCUT2D eigenvalue weighted by Crippen LogP contribution is -2.53. The summed E-state index contributed by atoms with van der Waals surface area (Å²) in [6.45, 7) is 19.8. The Kier molecular flexibility index (Phi) is 49.2. The molecule has 0 radical (unpaired) electrons. The Bertz CT molecular complexity index is 5060. The minimum Gasteiger partial charge on any atom is -0.493 e. The Morgan fingerprint density at radius 1 is 0.412 bits per heavy atom. The van der Waals surface area contributed by atoms with Gasteiger partial charge < -0.3 is 133 Å². The van der Waals surface area contributed by atoms with Gasteiger partial charge >= 0.3 is 12.2 Å². The average molecular weight is 2080 g/mol. The number of anilines is 4. The van der Waals surface area contributed by atoms with Crippen molar-refractivity contribution in [2.75, 3.05) is 194 Å². The van der Waals surface area contributed by atoms with Crippen LogP contribution >= 0.6 is 0 Å². The number of aliphatic hydroxyl groups is 2. The SMILES string of the molecule is COCCOCCC(=O)N[C@H](C(=O)N[C@@H](C)C(=O)Nc1ccc(COC(=O)N2c3cc(OCCCCCOc4cc5c(cc4OC)C(=O)N4C=C(C)C[C@H]4[C@H](O)N5C(=O)OCc4ccc(NC(=O)[C@H](C)NC(=O)[C@@H](NC(=O)CCOCCOCCOCCOCCOCCOCCOCCOCCNC(=O)CCN5C(=O)CC(C6CCCCCCC6)C5=O)C(C)C)cc4)c(OC)cc3C(=O)N3C=C(C)C[C@H]3[C@@H]2O)cc1)C(C)C. The maximum atomic E-state index is 14.5. The predicted molar refractivity (Wildman–Crippen MR) is 540 cm³/mol. The van der Waals surface area contributed by atoms with E-state index >= 15 is 0 Å². The van der Waals surface area contributed by atoms with Crippen LogP contribution in [-0.2, 0) is 113 Å². The number of fused-ring (bicyclic) bond motifs is 4. The van der Waals surface area contributed by atoms with Crippen LogP contribution in [0.25, 0.3) is 0 Å². The standard InChI is InChI=1S/C105H150N12O31/c1-67(2)93(111-90(119)31-37-136-41-40-133-9)97(124)107-71(7)95(122)109-76-26-22-73(23-27-76)65-147-104(131)116-81-61-87(85(134-10)58-79(81)100(127)114-63-69(5)56-83(114)102(116)129)145-35-18-15-19-36-146-88-62-82-80(59-86(88)135-11)101(128)115-64-70(6)57-84(115)103(130)117(82)105(132)148-66-74-24-28-77(29-25-74)110-96(123)72(8)108-98(125)94(68(3)4)112-91(120)32-38-137-42-44-139-46-48-141-50-52-143-54-55-144-53-51-142-49-47-140-45-43-138-39-33-106-89(118)30-34-113-92(121)60-78(99(113)126)75-20-16-13-12-14-17-21-75/h22-29,58-59,61-64,67-68,71-72,75,78,83-84,93-94,102-103,129-130H,12-21,30-57,60,65-66H2,1-11H3,(H,106,118)(H,107,124)(H,108,125)(H,109,122)(H,110,123)(H,111,119)(H,112,120)/t71-,72-,78?,83-,84-,93-,94-,102-,103-/m0/s1. The molecule has 9 N–H and O–H groups in total. The zero-order valence-electron chi connectivity index (χ0n) is 87.0. The van der Waals surface area contributed by atoms with Gasteiger partial charge in [-0.1, -0.05) is 95.2 Å². The lowest BCUT2D eigenvalue weighted by molar-refractivity contribution is -0.140. The van der Waals surface area contributed by atoms with E-state index in [4.69, 9.17) is 75.8 Å². The number of methoxy groups -OCH3 is 3. The Balaban J connectivity index is 0.582. The number of carbonyl (C=O) groups is 13. The molecule has 816 valence electrons. The number of amides is 13. The molecule has 0 bridgehead atoms. The molecule has 1 saturated heterocycles. The number of carbonyl (C=O) groups excluding carboxylic acids is 13. The number of imide groups is 1. The number of ether oxygens (including phenoxy) is 16. The first-order valence-electron chi connectivity index (χ1n) is 51.1. The molecule has 148 heavy (non-hydrogen) atoms. The van der Waals surface area contributed by atoms with E-state index in [1.54, 1.807) is 95.5 Å². The van der Waals surface area contributed by atoms with E-state index in [1.165, 1.54) is 93.4 Å². The van der Waals surface area contributed by atoms with E-state index in [1.807, 2.05) is 6.92 Å². The molecule has 5 aliphatic heterocycles. The van der Waals surface area contributed by atoms with Crippen LogP contribution < -0.4 is 66.0 Å². The summed E-state index contributed by atoms with van der Waals surface area (Å²) in [7, 11) is 4.34. The van der Waals surface area contributed by atoms with Crippen molar-refractivity contribution in [1.82, 2.24) is 41.3 Å². The molecule has 0 spiro atoms. The fourth-order valence-corrected chi connectivity index (χ4v) is 17.6. The van der Waals surface area contributed by atoms with Gasteiger partial charge in [-0.3, -0.25) is 57.6 Å². The molecule has 4 aromatic rings. The fourth-order valence-electron chi connectivity index (χ4n) is 17.6. The van der Waals surface area contributed by atoms with Gasteiger partial charge in [0.1, 0.15) is 37.4 Å². The van der Waals surface area contributed by atoms with Gasteiger partial charge in [0.05, 0.1) is 193 Å². The van der Waals surface area contributed by atoms with Crippen molar-refractivity contribution >= 4 is 99.9 Å². The lowest BCUT2D eigenvalue weighted by Gasteiger charge is -2.31. The number of rotatable bonds is 63. The van der Waals surface area contributed by atoms with Crippen LogP contribution in [-0.4, -0.2) is 324 Å². The highest BCUT2D eigenvalue weighted by atomic mass is 16.6. The number of unbranched alkanes of at least 4 members (excludes halogenated alkanes) is 2. The topological polar surface area (TPSA) is 510 Å². The normalized spacial score (nSPS) is 18.0. The zero-order chi connectivity index (χ0) is 107. The second-order valence-corrected chi connectivity index (χ2v) is 37.7. The first-order valence-corrected chi connectivity index (χ1v) is 51.1.